The Bertz CT molecular complexity index is 664. The molecule has 0 saturated carbocycles. The zero-order valence-electron chi connectivity index (χ0n) is 9.58. The zero-order valence-corrected chi connectivity index (χ0v) is 10.3. The number of rotatable bonds is 3. The summed E-state index contributed by atoms with van der Waals surface area (Å²) >= 11 is 5.84. The molecule has 3 nitrogen and oxygen atoms in total. The number of aromatic nitrogens is 2. The Hall–Kier alpha value is -2.00. The van der Waals surface area contributed by atoms with E-state index in [-0.39, 0.29) is 0 Å². The van der Waals surface area contributed by atoms with E-state index >= 15 is 0 Å². The van der Waals surface area contributed by atoms with Crippen LogP contribution in [0.25, 0.3) is 5.65 Å². The predicted molar refractivity (Wildman–Crippen MR) is 71.0 cm³/mol. The summed E-state index contributed by atoms with van der Waals surface area (Å²) in [4.78, 5) is 4.15. The highest BCUT2D eigenvalue weighted by Gasteiger charge is 2.01. The molecule has 0 amide bonds. The van der Waals surface area contributed by atoms with Crippen molar-refractivity contribution in [2.45, 2.75) is 6.61 Å². The largest absolute Gasteiger partial charge is 0.487 e. The zero-order chi connectivity index (χ0) is 12.4. The summed E-state index contributed by atoms with van der Waals surface area (Å²) in [5.41, 5.74) is 1.95. The van der Waals surface area contributed by atoms with E-state index in [0.29, 0.717) is 11.8 Å². The van der Waals surface area contributed by atoms with Gasteiger partial charge in [0.05, 0.1) is 6.20 Å². The van der Waals surface area contributed by atoms with E-state index in [4.69, 9.17) is 16.3 Å². The number of fused-ring (bicyclic) bond motifs is 1. The monoisotopic (exact) mass is 258 g/mol. The second-order valence-corrected chi connectivity index (χ2v) is 4.36. The van der Waals surface area contributed by atoms with Crippen LogP contribution in [0.2, 0.25) is 5.15 Å². The van der Waals surface area contributed by atoms with Crippen LogP contribution in [0.3, 0.4) is 0 Å². The summed E-state index contributed by atoms with van der Waals surface area (Å²) in [7, 11) is 0. The van der Waals surface area contributed by atoms with Gasteiger partial charge in [-0.3, -0.25) is 0 Å². The van der Waals surface area contributed by atoms with Gasteiger partial charge in [0.2, 0.25) is 0 Å². The second-order valence-electron chi connectivity index (χ2n) is 3.97. The third kappa shape index (κ3) is 2.31. The summed E-state index contributed by atoms with van der Waals surface area (Å²) in [6, 6.07) is 13.8. The number of hydrogen-bond donors (Lipinski definition) is 0. The minimum Gasteiger partial charge on any atom is -0.487 e. The second kappa shape index (κ2) is 4.70. The van der Waals surface area contributed by atoms with Gasteiger partial charge in [-0.2, -0.15) is 0 Å². The summed E-state index contributed by atoms with van der Waals surface area (Å²) in [5.74, 6) is 0.792. The molecule has 0 aliphatic rings. The van der Waals surface area contributed by atoms with Crippen molar-refractivity contribution in [3.05, 3.63) is 65.6 Å². The smallest absolute Gasteiger partial charge is 0.148 e. The molecule has 0 aliphatic heterocycles. The average molecular weight is 259 g/mol. The normalized spacial score (nSPS) is 10.7. The molecule has 0 radical (unpaired) electrons. The highest BCUT2D eigenvalue weighted by Crippen LogP contribution is 2.17. The number of nitrogens with zero attached hydrogens (tertiary/aromatic N) is 2. The van der Waals surface area contributed by atoms with E-state index in [2.05, 4.69) is 4.98 Å². The van der Waals surface area contributed by atoms with Gasteiger partial charge in [-0.15, -0.1) is 0 Å². The molecule has 2 aromatic heterocycles. The standard InChI is InChI=1S/C14H11ClN2O/c15-13-9-17-8-12(6-7-14(17)16-13)18-10-11-4-2-1-3-5-11/h1-9H,10H2. The Morgan fingerprint density at radius 3 is 2.72 bits per heavy atom. The molecule has 4 heteroatoms. The van der Waals surface area contributed by atoms with Gasteiger partial charge >= 0.3 is 0 Å². The fourth-order valence-electron chi connectivity index (χ4n) is 1.77. The quantitative estimate of drug-likeness (QED) is 0.718. The number of hydrogen-bond acceptors (Lipinski definition) is 2. The molecule has 0 bridgehead atoms. The van der Waals surface area contributed by atoms with Gasteiger partial charge in [-0.1, -0.05) is 41.9 Å². The molecule has 0 atom stereocenters. The summed E-state index contributed by atoms with van der Waals surface area (Å²) < 4.78 is 7.57. The van der Waals surface area contributed by atoms with Gasteiger partial charge < -0.3 is 9.14 Å². The van der Waals surface area contributed by atoms with E-state index in [0.717, 1.165) is 17.0 Å². The number of ether oxygens (including phenoxy) is 1. The van der Waals surface area contributed by atoms with Crippen LogP contribution in [0.4, 0.5) is 0 Å². The molecule has 0 spiro atoms. The maximum absolute atomic E-state index is 5.84. The number of benzene rings is 1. The molecule has 90 valence electrons. The topological polar surface area (TPSA) is 26.5 Å². The van der Waals surface area contributed by atoms with Gasteiger partial charge in [0.15, 0.2) is 0 Å². The fraction of sp³-hybridized carbons (Fsp3) is 0.0714. The molecule has 2 heterocycles. The van der Waals surface area contributed by atoms with Crippen molar-refractivity contribution < 1.29 is 4.74 Å². The Labute approximate surface area is 110 Å². The molecule has 1 aromatic carbocycles. The molecular formula is C14H11ClN2O. The van der Waals surface area contributed by atoms with Gasteiger partial charge in [-0.05, 0) is 17.7 Å². The summed E-state index contributed by atoms with van der Waals surface area (Å²) in [5, 5.41) is 0.482. The van der Waals surface area contributed by atoms with Crippen molar-refractivity contribution in [1.29, 1.82) is 0 Å². The Kier molecular flexibility index (Phi) is 2.90. The highest BCUT2D eigenvalue weighted by molar-refractivity contribution is 6.29. The first kappa shape index (κ1) is 11.1. The van der Waals surface area contributed by atoms with Gasteiger partial charge in [0, 0.05) is 6.20 Å². The maximum atomic E-state index is 5.84. The van der Waals surface area contributed by atoms with Crippen molar-refractivity contribution in [2.24, 2.45) is 0 Å². The molecule has 0 unspecified atom stereocenters. The van der Waals surface area contributed by atoms with E-state index in [1.54, 1.807) is 6.20 Å². The SMILES string of the molecule is Clc1cn2cc(OCc3ccccc3)ccc2n1. The van der Waals surface area contributed by atoms with Gasteiger partial charge in [0.1, 0.15) is 23.2 Å². The molecule has 0 fully saturated rings. The van der Waals surface area contributed by atoms with Crippen LogP contribution in [0.5, 0.6) is 5.75 Å². The Balaban J connectivity index is 1.78. The van der Waals surface area contributed by atoms with Crippen molar-refractivity contribution in [3.63, 3.8) is 0 Å². The van der Waals surface area contributed by atoms with Crippen molar-refractivity contribution in [3.8, 4) is 5.75 Å². The molecule has 18 heavy (non-hydrogen) atoms. The maximum Gasteiger partial charge on any atom is 0.148 e. The van der Waals surface area contributed by atoms with Crippen LogP contribution in [-0.2, 0) is 6.61 Å². The predicted octanol–water partition coefficient (Wildman–Crippen LogP) is 3.57. The van der Waals surface area contributed by atoms with Gasteiger partial charge in [-0.25, -0.2) is 4.98 Å². The van der Waals surface area contributed by atoms with Crippen LogP contribution >= 0.6 is 11.6 Å². The molecule has 3 rings (SSSR count). The fourth-order valence-corrected chi connectivity index (χ4v) is 1.96. The van der Waals surface area contributed by atoms with Crippen LogP contribution < -0.4 is 4.74 Å². The van der Waals surface area contributed by atoms with E-state index < -0.39 is 0 Å². The first-order valence-corrected chi connectivity index (χ1v) is 6.00. The number of pyridine rings is 1. The van der Waals surface area contributed by atoms with E-state index in [9.17, 15) is 0 Å². The lowest BCUT2D eigenvalue weighted by atomic mass is 10.2. The van der Waals surface area contributed by atoms with Crippen molar-refractivity contribution >= 4 is 17.2 Å². The van der Waals surface area contributed by atoms with Crippen LogP contribution in [0.1, 0.15) is 5.56 Å². The minimum atomic E-state index is 0.482. The summed E-state index contributed by atoms with van der Waals surface area (Å²) in [6.07, 6.45) is 3.63. The third-order valence-electron chi connectivity index (χ3n) is 2.64. The minimum absolute atomic E-state index is 0.482. The number of imidazole rings is 1. The lowest BCUT2D eigenvalue weighted by Gasteiger charge is -2.06. The third-order valence-corrected chi connectivity index (χ3v) is 2.82. The van der Waals surface area contributed by atoms with Gasteiger partial charge in [0.25, 0.3) is 0 Å². The first-order valence-electron chi connectivity index (χ1n) is 5.62. The molecule has 0 aliphatic carbocycles. The average Bonchev–Trinajstić information content (AvgIpc) is 2.77. The van der Waals surface area contributed by atoms with Crippen molar-refractivity contribution in [1.82, 2.24) is 9.38 Å². The Morgan fingerprint density at radius 1 is 1.06 bits per heavy atom. The lowest BCUT2D eigenvalue weighted by molar-refractivity contribution is 0.304. The van der Waals surface area contributed by atoms with Crippen molar-refractivity contribution in [2.75, 3.05) is 0 Å². The highest BCUT2D eigenvalue weighted by atomic mass is 35.5. The van der Waals surface area contributed by atoms with E-state index in [1.165, 1.54) is 0 Å². The molecule has 3 aromatic rings. The van der Waals surface area contributed by atoms with Crippen LogP contribution in [0, 0.1) is 0 Å². The first-order chi connectivity index (χ1) is 8.81. The summed E-state index contributed by atoms with van der Waals surface area (Å²) in [6.45, 7) is 0.550. The van der Waals surface area contributed by atoms with Crippen LogP contribution in [-0.4, -0.2) is 9.38 Å². The molecular weight excluding hydrogens is 248 g/mol. The Morgan fingerprint density at radius 2 is 1.89 bits per heavy atom. The van der Waals surface area contributed by atoms with Crippen LogP contribution in [0.15, 0.2) is 54.9 Å². The lowest BCUT2D eigenvalue weighted by Crippen LogP contribution is -1.96. The molecule has 0 saturated heterocycles. The molecule has 0 N–H and O–H groups in total. The van der Waals surface area contributed by atoms with E-state index in [1.807, 2.05) is 53.1 Å². The number of halogens is 1.